The van der Waals surface area contributed by atoms with Crippen LogP contribution in [0.4, 0.5) is 0 Å². The molecule has 1 aromatic rings. The van der Waals surface area contributed by atoms with Crippen molar-refractivity contribution in [3.63, 3.8) is 0 Å². The molecule has 0 radical (unpaired) electrons. The van der Waals surface area contributed by atoms with Crippen LogP contribution in [0.3, 0.4) is 0 Å². The first-order valence-electron chi connectivity index (χ1n) is 4.79. The van der Waals surface area contributed by atoms with Crippen molar-refractivity contribution < 1.29 is 0 Å². The van der Waals surface area contributed by atoms with Crippen LogP contribution in [0.1, 0.15) is 12.5 Å². The maximum Gasteiger partial charge on any atom is 0.0406 e. The van der Waals surface area contributed by atoms with Gasteiger partial charge in [0.2, 0.25) is 0 Å². The van der Waals surface area contributed by atoms with Gasteiger partial charge in [0.1, 0.15) is 0 Å². The third kappa shape index (κ3) is 5.62. The molecule has 0 saturated carbocycles. The largest absolute Gasteiger partial charge is 0.298 e. The molecule has 0 aliphatic heterocycles. The van der Waals surface area contributed by atoms with Crippen molar-refractivity contribution in [2.24, 2.45) is 0 Å². The highest BCUT2D eigenvalue weighted by Crippen LogP contribution is 2.11. The maximum absolute atomic E-state index is 5.81. The summed E-state index contributed by atoms with van der Waals surface area (Å²) in [6, 6.07) is 7.95. The number of benzene rings is 1. The van der Waals surface area contributed by atoms with E-state index in [2.05, 4.69) is 24.0 Å². The lowest BCUT2D eigenvalue weighted by Gasteiger charge is -2.18. The number of hydrogen-bond acceptors (Lipinski definition) is 1. The Bertz CT molecular complexity index is 261. The highest BCUT2D eigenvalue weighted by molar-refractivity contribution is 6.30. The van der Waals surface area contributed by atoms with Gasteiger partial charge in [-0.25, -0.2) is 0 Å². The van der Waals surface area contributed by atoms with E-state index in [4.69, 9.17) is 23.2 Å². The number of nitrogens with zero attached hydrogens (tertiary/aromatic N) is 1. The second kappa shape index (κ2) is 8.23. The summed E-state index contributed by atoms with van der Waals surface area (Å²) in [6.07, 6.45) is 0. The lowest BCUT2D eigenvalue weighted by atomic mass is 10.2. The van der Waals surface area contributed by atoms with Crippen molar-refractivity contribution in [1.29, 1.82) is 0 Å². The zero-order valence-corrected chi connectivity index (χ0v) is 11.1. The Morgan fingerprint density at radius 3 is 2.27 bits per heavy atom. The fraction of sp³-hybridized carbons (Fsp3) is 0.455. The van der Waals surface area contributed by atoms with Crippen LogP contribution in [-0.2, 0) is 6.54 Å². The van der Waals surface area contributed by atoms with Crippen LogP contribution in [-0.4, -0.2) is 23.9 Å². The molecule has 4 heteroatoms. The molecule has 0 unspecified atom stereocenters. The Balaban J connectivity index is 0.00000196. The van der Waals surface area contributed by atoms with Crippen LogP contribution in [0, 0.1) is 0 Å². The van der Waals surface area contributed by atoms with Crippen molar-refractivity contribution in [3.05, 3.63) is 34.9 Å². The first-order valence-corrected chi connectivity index (χ1v) is 5.70. The second-order valence-electron chi connectivity index (χ2n) is 3.18. The van der Waals surface area contributed by atoms with Gasteiger partial charge in [-0.05, 0) is 24.2 Å². The molecule has 1 nitrogen and oxygen atoms in total. The molecule has 15 heavy (non-hydrogen) atoms. The van der Waals surface area contributed by atoms with Crippen molar-refractivity contribution in [1.82, 2.24) is 4.90 Å². The molecule has 0 atom stereocenters. The van der Waals surface area contributed by atoms with Crippen LogP contribution in [0.25, 0.3) is 0 Å². The average Bonchev–Trinajstić information content (AvgIpc) is 2.20. The van der Waals surface area contributed by atoms with E-state index in [0.29, 0.717) is 5.88 Å². The lowest BCUT2D eigenvalue weighted by molar-refractivity contribution is 0.297. The Morgan fingerprint density at radius 2 is 1.80 bits per heavy atom. The topological polar surface area (TPSA) is 3.24 Å². The molecule has 0 amide bonds. The summed E-state index contributed by atoms with van der Waals surface area (Å²) >= 11 is 11.5. The molecule has 0 spiro atoms. The van der Waals surface area contributed by atoms with Crippen LogP contribution in [0.15, 0.2) is 24.3 Å². The van der Waals surface area contributed by atoms with Crippen molar-refractivity contribution >= 4 is 35.6 Å². The Kier molecular flexibility index (Phi) is 8.26. The molecule has 0 N–H and O–H groups in total. The zero-order valence-electron chi connectivity index (χ0n) is 8.75. The second-order valence-corrected chi connectivity index (χ2v) is 4.00. The fourth-order valence-corrected chi connectivity index (χ4v) is 1.68. The lowest BCUT2D eigenvalue weighted by Crippen LogP contribution is -2.24. The fourth-order valence-electron chi connectivity index (χ4n) is 1.32. The van der Waals surface area contributed by atoms with Gasteiger partial charge < -0.3 is 0 Å². The van der Waals surface area contributed by atoms with Gasteiger partial charge in [-0.1, -0.05) is 30.7 Å². The SMILES string of the molecule is CCN(CCCl)Cc1ccc(Cl)cc1.Cl. The monoisotopic (exact) mass is 267 g/mol. The third-order valence-corrected chi connectivity index (χ3v) is 2.59. The zero-order chi connectivity index (χ0) is 10.4. The molecule has 0 fully saturated rings. The van der Waals surface area contributed by atoms with E-state index >= 15 is 0 Å². The summed E-state index contributed by atoms with van der Waals surface area (Å²) in [5, 5.41) is 0.786. The highest BCUT2D eigenvalue weighted by atomic mass is 35.5. The predicted molar refractivity (Wildman–Crippen MR) is 70.4 cm³/mol. The highest BCUT2D eigenvalue weighted by Gasteiger charge is 2.02. The third-order valence-electron chi connectivity index (χ3n) is 2.17. The first-order chi connectivity index (χ1) is 6.76. The number of hydrogen-bond donors (Lipinski definition) is 0. The summed E-state index contributed by atoms with van der Waals surface area (Å²) in [7, 11) is 0. The van der Waals surface area contributed by atoms with E-state index in [1.807, 2.05) is 12.1 Å². The minimum atomic E-state index is 0. The summed E-state index contributed by atoms with van der Waals surface area (Å²) in [5.74, 6) is 0.682. The molecule has 0 aromatic heterocycles. The number of halogens is 3. The molecule has 1 aromatic carbocycles. The van der Waals surface area contributed by atoms with E-state index in [1.165, 1.54) is 5.56 Å². The van der Waals surface area contributed by atoms with Gasteiger partial charge in [-0.3, -0.25) is 4.90 Å². The molecule has 0 aliphatic carbocycles. The minimum absolute atomic E-state index is 0. The number of alkyl halides is 1. The van der Waals surface area contributed by atoms with Gasteiger partial charge >= 0.3 is 0 Å². The normalized spacial score (nSPS) is 10.1. The molecule has 0 bridgehead atoms. The molecule has 0 heterocycles. The molecule has 0 saturated heterocycles. The Morgan fingerprint density at radius 1 is 1.20 bits per heavy atom. The summed E-state index contributed by atoms with van der Waals surface area (Å²) in [4.78, 5) is 2.30. The van der Waals surface area contributed by atoms with Gasteiger partial charge in [-0.15, -0.1) is 24.0 Å². The molecule has 1 rings (SSSR count). The van der Waals surface area contributed by atoms with Gasteiger partial charge in [0.15, 0.2) is 0 Å². The summed E-state index contributed by atoms with van der Waals surface area (Å²) in [6.45, 7) is 5.04. The number of rotatable bonds is 5. The van der Waals surface area contributed by atoms with E-state index in [9.17, 15) is 0 Å². The van der Waals surface area contributed by atoms with Crippen LogP contribution in [0.2, 0.25) is 5.02 Å². The van der Waals surface area contributed by atoms with Crippen molar-refractivity contribution in [3.8, 4) is 0 Å². The van der Waals surface area contributed by atoms with E-state index in [0.717, 1.165) is 24.7 Å². The van der Waals surface area contributed by atoms with E-state index in [-0.39, 0.29) is 12.4 Å². The smallest absolute Gasteiger partial charge is 0.0406 e. The summed E-state index contributed by atoms with van der Waals surface area (Å²) < 4.78 is 0. The Hall–Kier alpha value is 0.0500. The van der Waals surface area contributed by atoms with Gasteiger partial charge in [0.05, 0.1) is 0 Å². The molecular weight excluding hydrogens is 252 g/mol. The Labute approximate surface area is 108 Å². The van der Waals surface area contributed by atoms with E-state index < -0.39 is 0 Å². The van der Waals surface area contributed by atoms with Gasteiger partial charge in [0.25, 0.3) is 0 Å². The van der Waals surface area contributed by atoms with Crippen LogP contribution >= 0.6 is 35.6 Å². The minimum Gasteiger partial charge on any atom is -0.298 e. The van der Waals surface area contributed by atoms with E-state index in [1.54, 1.807) is 0 Å². The van der Waals surface area contributed by atoms with Crippen LogP contribution in [0.5, 0.6) is 0 Å². The first kappa shape index (κ1) is 15.0. The summed E-state index contributed by atoms with van der Waals surface area (Å²) in [5.41, 5.74) is 1.28. The quantitative estimate of drug-likeness (QED) is 0.734. The van der Waals surface area contributed by atoms with Gasteiger partial charge in [0, 0.05) is 24.0 Å². The van der Waals surface area contributed by atoms with Crippen molar-refractivity contribution in [2.45, 2.75) is 13.5 Å². The molecular formula is C11H16Cl3N. The van der Waals surface area contributed by atoms with Crippen LogP contribution < -0.4 is 0 Å². The predicted octanol–water partition coefficient (Wildman–Crippen LogP) is 3.82. The average molecular weight is 269 g/mol. The molecule has 0 aliphatic rings. The van der Waals surface area contributed by atoms with Gasteiger partial charge in [-0.2, -0.15) is 0 Å². The standard InChI is InChI=1S/C11H15Cl2N.ClH/c1-2-14(8-7-12)9-10-3-5-11(13)6-4-10;/h3-6H,2,7-9H2,1H3;1H. The molecule has 86 valence electrons. The maximum atomic E-state index is 5.81. The van der Waals surface area contributed by atoms with Crippen molar-refractivity contribution in [2.75, 3.05) is 19.0 Å².